The van der Waals surface area contributed by atoms with E-state index in [-0.39, 0.29) is 12.3 Å². The van der Waals surface area contributed by atoms with E-state index in [0.29, 0.717) is 6.54 Å². The van der Waals surface area contributed by atoms with Crippen LogP contribution in [-0.2, 0) is 11.2 Å². The molecule has 1 aliphatic carbocycles. The highest BCUT2D eigenvalue weighted by molar-refractivity contribution is 5.77. The van der Waals surface area contributed by atoms with Gasteiger partial charge in [-0.1, -0.05) is 25.3 Å². The number of hydrogen-bond acceptors (Lipinski definition) is 3. The van der Waals surface area contributed by atoms with Crippen molar-refractivity contribution in [2.75, 3.05) is 13.6 Å². The Labute approximate surface area is 120 Å². The van der Waals surface area contributed by atoms with Crippen molar-refractivity contribution in [2.24, 2.45) is 0 Å². The molecule has 0 saturated heterocycles. The molecule has 0 atom stereocenters. The van der Waals surface area contributed by atoms with Gasteiger partial charge in [-0.2, -0.15) is 0 Å². The molecule has 1 N–H and O–H groups in total. The van der Waals surface area contributed by atoms with Crippen molar-refractivity contribution in [3.63, 3.8) is 0 Å². The molecule has 4 nitrogen and oxygen atoms in total. The molecule has 0 radical (unpaired) electrons. The molecular weight excluding hydrogens is 252 g/mol. The van der Waals surface area contributed by atoms with Crippen LogP contribution in [0, 0.1) is 0 Å². The molecule has 20 heavy (non-hydrogen) atoms. The van der Waals surface area contributed by atoms with E-state index in [4.69, 9.17) is 0 Å². The molecule has 1 heterocycles. The van der Waals surface area contributed by atoms with Gasteiger partial charge in [0.1, 0.15) is 0 Å². The molecule has 110 valence electrons. The lowest BCUT2D eigenvalue weighted by atomic mass is 9.82. The number of nitrogens with zero attached hydrogens (tertiary/aromatic N) is 2. The Hall–Kier alpha value is -1.42. The summed E-state index contributed by atoms with van der Waals surface area (Å²) in [5.74, 6) is 0.0327. The number of carbonyl (C=O) groups is 1. The zero-order valence-corrected chi connectivity index (χ0v) is 12.2. The van der Waals surface area contributed by atoms with Crippen LogP contribution in [0.3, 0.4) is 0 Å². The van der Waals surface area contributed by atoms with Crippen molar-refractivity contribution in [2.45, 2.75) is 50.5 Å². The molecule has 1 aliphatic rings. The zero-order chi connectivity index (χ0) is 14.4. The standard InChI is InChI=1S/C16H24N2O2/c1-18(12-8-14-7-3-6-11-17-14)15(19)13-16(20)9-4-2-5-10-16/h3,6-7,11,20H,2,4-5,8-10,12-13H2,1H3. The Morgan fingerprint density at radius 2 is 2.10 bits per heavy atom. The van der Waals surface area contributed by atoms with Crippen LogP contribution < -0.4 is 0 Å². The lowest BCUT2D eigenvalue weighted by molar-refractivity contribution is -0.136. The fourth-order valence-corrected chi connectivity index (χ4v) is 2.76. The molecule has 1 aromatic heterocycles. The van der Waals surface area contributed by atoms with Gasteiger partial charge in [0, 0.05) is 31.9 Å². The second kappa shape index (κ2) is 6.84. The van der Waals surface area contributed by atoms with Gasteiger partial charge < -0.3 is 10.0 Å². The normalized spacial score (nSPS) is 17.7. The van der Waals surface area contributed by atoms with E-state index >= 15 is 0 Å². The number of carbonyl (C=O) groups excluding carboxylic acids is 1. The third kappa shape index (κ3) is 4.30. The Kier molecular flexibility index (Phi) is 5.12. The summed E-state index contributed by atoms with van der Waals surface area (Å²) in [5.41, 5.74) is 0.220. The fraction of sp³-hybridized carbons (Fsp3) is 0.625. The topological polar surface area (TPSA) is 53.4 Å². The highest BCUT2D eigenvalue weighted by atomic mass is 16.3. The summed E-state index contributed by atoms with van der Waals surface area (Å²) in [6, 6.07) is 5.80. The minimum absolute atomic E-state index is 0.0327. The smallest absolute Gasteiger partial charge is 0.225 e. The Morgan fingerprint density at radius 1 is 1.35 bits per heavy atom. The van der Waals surface area contributed by atoms with E-state index in [2.05, 4.69) is 4.98 Å². The first-order chi connectivity index (χ1) is 9.59. The van der Waals surface area contributed by atoms with Gasteiger partial charge in [-0.05, 0) is 25.0 Å². The molecule has 1 saturated carbocycles. The molecule has 0 aromatic carbocycles. The summed E-state index contributed by atoms with van der Waals surface area (Å²) < 4.78 is 0. The third-order valence-electron chi connectivity index (χ3n) is 4.12. The van der Waals surface area contributed by atoms with E-state index < -0.39 is 5.60 Å². The van der Waals surface area contributed by atoms with Crippen LogP contribution in [0.15, 0.2) is 24.4 Å². The minimum atomic E-state index is -0.769. The van der Waals surface area contributed by atoms with Gasteiger partial charge in [-0.15, -0.1) is 0 Å². The van der Waals surface area contributed by atoms with Crippen molar-refractivity contribution >= 4 is 5.91 Å². The number of likely N-dealkylation sites (N-methyl/N-ethyl adjacent to an activating group) is 1. The molecule has 1 amide bonds. The molecule has 0 bridgehead atoms. The van der Waals surface area contributed by atoms with E-state index in [1.54, 1.807) is 18.1 Å². The van der Waals surface area contributed by atoms with Crippen molar-refractivity contribution < 1.29 is 9.90 Å². The van der Waals surface area contributed by atoms with Gasteiger partial charge in [-0.25, -0.2) is 0 Å². The minimum Gasteiger partial charge on any atom is -0.389 e. The zero-order valence-electron chi connectivity index (χ0n) is 12.2. The summed E-state index contributed by atoms with van der Waals surface area (Å²) >= 11 is 0. The molecular formula is C16H24N2O2. The van der Waals surface area contributed by atoms with E-state index in [1.807, 2.05) is 18.2 Å². The quantitative estimate of drug-likeness (QED) is 0.896. The molecule has 4 heteroatoms. The van der Waals surface area contributed by atoms with Gasteiger partial charge in [0.25, 0.3) is 0 Å². The fourth-order valence-electron chi connectivity index (χ4n) is 2.76. The van der Waals surface area contributed by atoms with Crippen LogP contribution in [-0.4, -0.2) is 40.1 Å². The third-order valence-corrected chi connectivity index (χ3v) is 4.12. The first-order valence-electron chi connectivity index (χ1n) is 7.45. The number of pyridine rings is 1. The second-order valence-corrected chi connectivity index (χ2v) is 5.85. The predicted octanol–water partition coefficient (Wildman–Crippen LogP) is 2.17. The Bertz CT molecular complexity index is 427. The van der Waals surface area contributed by atoms with Crippen LogP contribution in [0.25, 0.3) is 0 Å². The SMILES string of the molecule is CN(CCc1ccccn1)C(=O)CC1(O)CCCCC1. The predicted molar refractivity (Wildman–Crippen MR) is 78.2 cm³/mol. The summed E-state index contributed by atoms with van der Waals surface area (Å²) in [6.45, 7) is 0.645. The number of amides is 1. The monoisotopic (exact) mass is 276 g/mol. The Morgan fingerprint density at radius 3 is 2.75 bits per heavy atom. The number of rotatable bonds is 5. The molecule has 0 unspecified atom stereocenters. The first kappa shape index (κ1) is 15.0. The highest BCUT2D eigenvalue weighted by Crippen LogP contribution is 2.31. The highest BCUT2D eigenvalue weighted by Gasteiger charge is 2.32. The second-order valence-electron chi connectivity index (χ2n) is 5.85. The van der Waals surface area contributed by atoms with E-state index in [0.717, 1.165) is 37.8 Å². The maximum atomic E-state index is 12.2. The molecule has 1 fully saturated rings. The van der Waals surface area contributed by atoms with Crippen LogP contribution in [0.5, 0.6) is 0 Å². The van der Waals surface area contributed by atoms with Gasteiger partial charge in [0.05, 0.1) is 12.0 Å². The average Bonchev–Trinajstić information content (AvgIpc) is 2.46. The van der Waals surface area contributed by atoms with Crippen molar-refractivity contribution in [1.82, 2.24) is 9.88 Å². The molecule has 1 aromatic rings. The number of hydrogen-bond donors (Lipinski definition) is 1. The Balaban J connectivity index is 1.79. The summed E-state index contributed by atoms with van der Waals surface area (Å²) in [5, 5.41) is 10.4. The van der Waals surface area contributed by atoms with Gasteiger partial charge in [0.2, 0.25) is 5.91 Å². The van der Waals surface area contributed by atoms with Gasteiger partial charge in [-0.3, -0.25) is 9.78 Å². The molecule has 0 aliphatic heterocycles. The van der Waals surface area contributed by atoms with Crippen LogP contribution in [0.4, 0.5) is 0 Å². The average molecular weight is 276 g/mol. The first-order valence-corrected chi connectivity index (χ1v) is 7.45. The van der Waals surface area contributed by atoms with Crippen molar-refractivity contribution in [1.29, 1.82) is 0 Å². The maximum absolute atomic E-state index is 12.2. The van der Waals surface area contributed by atoms with E-state index in [9.17, 15) is 9.90 Å². The van der Waals surface area contributed by atoms with Gasteiger partial charge in [0.15, 0.2) is 0 Å². The number of aliphatic hydroxyl groups is 1. The molecule has 0 spiro atoms. The van der Waals surface area contributed by atoms with Crippen molar-refractivity contribution in [3.05, 3.63) is 30.1 Å². The van der Waals surface area contributed by atoms with E-state index in [1.165, 1.54) is 6.42 Å². The van der Waals surface area contributed by atoms with Crippen LogP contribution in [0.1, 0.15) is 44.2 Å². The van der Waals surface area contributed by atoms with Gasteiger partial charge >= 0.3 is 0 Å². The summed E-state index contributed by atoms with van der Waals surface area (Å²) in [4.78, 5) is 18.1. The summed E-state index contributed by atoms with van der Waals surface area (Å²) in [7, 11) is 1.80. The van der Waals surface area contributed by atoms with Crippen molar-refractivity contribution in [3.8, 4) is 0 Å². The lowest BCUT2D eigenvalue weighted by Gasteiger charge is -2.32. The maximum Gasteiger partial charge on any atom is 0.225 e. The summed E-state index contributed by atoms with van der Waals surface area (Å²) in [6.07, 6.45) is 7.52. The lowest BCUT2D eigenvalue weighted by Crippen LogP contribution is -2.39. The van der Waals surface area contributed by atoms with Crippen LogP contribution in [0.2, 0.25) is 0 Å². The largest absolute Gasteiger partial charge is 0.389 e. The van der Waals surface area contributed by atoms with Crippen LogP contribution >= 0.6 is 0 Å². The molecule has 2 rings (SSSR count). The number of aromatic nitrogens is 1.